The average molecular weight is 678 g/mol. The molecular formula is C38H51N3O8. The van der Waals surface area contributed by atoms with Gasteiger partial charge in [0.1, 0.15) is 23.9 Å². The van der Waals surface area contributed by atoms with Gasteiger partial charge in [-0.1, -0.05) is 36.4 Å². The van der Waals surface area contributed by atoms with Crippen molar-refractivity contribution >= 4 is 11.6 Å². The number of fused-ring (bicyclic) bond motifs is 1. The molecule has 0 radical (unpaired) electrons. The number of ether oxygens (including phenoxy) is 6. The molecule has 0 aliphatic carbocycles. The minimum Gasteiger partial charge on any atom is -0.496 e. The maximum atomic E-state index is 12.9. The summed E-state index contributed by atoms with van der Waals surface area (Å²) in [5.41, 5.74) is 9.90. The molecule has 1 amide bonds. The predicted octanol–water partition coefficient (Wildman–Crippen LogP) is 4.14. The van der Waals surface area contributed by atoms with Crippen LogP contribution in [0, 0.1) is 0 Å². The molecule has 2 aliphatic rings. The summed E-state index contributed by atoms with van der Waals surface area (Å²) in [5, 5.41) is 11.4. The van der Waals surface area contributed by atoms with Crippen LogP contribution in [0.4, 0.5) is 5.69 Å². The van der Waals surface area contributed by atoms with E-state index in [2.05, 4.69) is 11.0 Å². The molecule has 0 spiro atoms. The number of aliphatic hydroxyl groups excluding tert-OH is 1. The lowest BCUT2D eigenvalue weighted by atomic mass is 9.84. The first-order valence-corrected chi connectivity index (χ1v) is 17.1. The van der Waals surface area contributed by atoms with Crippen LogP contribution in [0.1, 0.15) is 42.4 Å². The van der Waals surface area contributed by atoms with Crippen LogP contribution < -0.4 is 24.8 Å². The third-order valence-corrected chi connectivity index (χ3v) is 8.96. The molecule has 0 bridgehead atoms. The highest BCUT2D eigenvalue weighted by Gasteiger charge is 2.40. The van der Waals surface area contributed by atoms with Gasteiger partial charge in [0, 0.05) is 51.3 Å². The van der Waals surface area contributed by atoms with Crippen LogP contribution in [-0.4, -0.2) is 101 Å². The first-order valence-electron chi connectivity index (χ1n) is 17.1. The number of β-amino-alcohol motifs (C(OH)–C–C–N with tert-alkyl or cyclic N) is 1. The van der Waals surface area contributed by atoms with Gasteiger partial charge in [-0.15, -0.1) is 0 Å². The van der Waals surface area contributed by atoms with Crippen LogP contribution in [0.5, 0.6) is 17.2 Å². The maximum absolute atomic E-state index is 12.9. The minimum absolute atomic E-state index is 0.185. The SMILES string of the molecule is COCCCN1CCOc2ccc(CO[C@H]3CN(C(=O)[C@H](C)N)C[C@@H](O)[C@@H]3c3ccc(OCCCOCc4ccccc4OC)cc3)cc21. The molecule has 4 atom stereocenters. The second-order valence-electron chi connectivity index (χ2n) is 12.6. The summed E-state index contributed by atoms with van der Waals surface area (Å²) < 4.78 is 34.9. The Labute approximate surface area is 289 Å². The normalized spacial score (nSPS) is 19.6. The van der Waals surface area contributed by atoms with E-state index in [9.17, 15) is 9.90 Å². The third-order valence-electron chi connectivity index (χ3n) is 8.96. The lowest BCUT2D eigenvalue weighted by Gasteiger charge is -2.42. The van der Waals surface area contributed by atoms with Gasteiger partial charge in [0.25, 0.3) is 0 Å². The van der Waals surface area contributed by atoms with Gasteiger partial charge in [-0.3, -0.25) is 4.79 Å². The summed E-state index contributed by atoms with van der Waals surface area (Å²) in [6, 6.07) is 21.0. The molecule has 11 heteroatoms. The van der Waals surface area contributed by atoms with E-state index in [-0.39, 0.29) is 18.4 Å². The summed E-state index contributed by atoms with van der Waals surface area (Å²) in [7, 11) is 3.37. The monoisotopic (exact) mass is 677 g/mol. The van der Waals surface area contributed by atoms with Gasteiger partial charge in [0.05, 0.1) is 64.0 Å². The predicted molar refractivity (Wildman–Crippen MR) is 187 cm³/mol. The second kappa shape index (κ2) is 18.2. The molecule has 3 aromatic rings. The van der Waals surface area contributed by atoms with Gasteiger partial charge in [-0.2, -0.15) is 0 Å². The fourth-order valence-corrected chi connectivity index (χ4v) is 6.44. The topological polar surface area (TPSA) is 125 Å². The quantitative estimate of drug-likeness (QED) is 0.202. The smallest absolute Gasteiger partial charge is 0.239 e. The fourth-order valence-electron chi connectivity index (χ4n) is 6.44. The number of rotatable bonds is 17. The molecule has 266 valence electrons. The number of hydrogen-bond acceptors (Lipinski definition) is 10. The van der Waals surface area contributed by atoms with E-state index in [1.807, 2.05) is 60.7 Å². The molecular weight excluding hydrogens is 626 g/mol. The highest BCUT2D eigenvalue weighted by Crippen LogP contribution is 2.35. The number of amides is 1. The van der Waals surface area contributed by atoms with E-state index in [0.717, 1.165) is 65.6 Å². The first kappa shape index (κ1) is 36.4. The highest BCUT2D eigenvalue weighted by atomic mass is 16.5. The number of anilines is 1. The Hall–Kier alpha value is -3.87. The molecule has 11 nitrogen and oxygen atoms in total. The summed E-state index contributed by atoms with van der Waals surface area (Å²) in [6.07, 6.45) is 0.368. The molecule has 0 unspecified atom stereocenters. The number of hydrogen-bond donors (Lipinski definition) is 2. The number of carbonyl (C=O) groups is 1. The van der Waals surface area contributed by atoms with E-state index in [4.69, 9.17) is 34.2 Å². The lowest BCUT2D eigenvalue weighted by molar-refractivity contribution is -0.143. The molecule has 5 rings (SSSR count). The Balaban J connectivity index is 1.20. The number of likely N-dealkylation sites (tertiary alicyclic amines) is 1. The van der Waals surface area contributed by atoms with Crippen LogP contribution >= 0.6 is 0 Å². The highest BCUT2D eigenvalue weighted by molar-refractivity contribution is 5.81. The van der Waals surface area contributed by atoms with Crippen molar-refractivity contribution in [2.45, 2.75) is 57.1 Å². The summed E-state index contributed by atoms with van der Waals surface area (Å²) in [4.78, 5) is 16.8. The molecule has 3 N–H and O–H groups in total. The number of para-hydroxylation sites is 1. The average Bonchev–Trinajstić information content (AvgIpc) is 3.12. The first-order chi connectivity index (χ1) is 23.9. The van der Waals surface area contributed by atoms with Crippen molar-refractivity contribution in [1.29, 1.82) is 0 Å². The van der Waals surface area contributed by atoms with Gasteiger partial charge in [-0.05, 0) is 54.8 Å². The minimum atomic E-state index is -0.832. The van der Waals surface area contributed by atoms with Crippen LogP contribution in [0.3, 0.4) is 0 Å². The lowest BCUT2D eigenvalue weighted by Crippen LogP contribution is -2.56. The van der Waals surface area contributed by atoms with Crippen molar-refractivity contribution in [2.24, 2.45) is 5.73 Å². The molecule has 1 saturated heterocycles. The zero-order valence-corrected chi connectivity index (χ0v) is 28.9. The fraction of sp³-hybridized carbons (Fsp3) is 0.500. The van der Waals surface area contributed by atoms with Crippen molar-refractivity contribution in [1.82, 2.24) is 4.90 Å². The van der Waals surface area contributed by atoms with Gasteiger partial charge in [-0.25, -0.2) is 0 Å². The van der Waals surface area contributed by atoms with Crippen molar-refractivity contribution < 1.29 is 38.3 Å². The molecule has 2 aliphatic heterocycles. The molecule has 49 heavy (non-hydrogen) atoms. The van der Waals surface area contributed by atoms with Gasteiger partial charge < -0.3 is 49.1 Å². The third kappa shape index (κ3) is 9.86. The Morgan fingerprint density at radius 2 is 1.82 bits per heavy atom. The van der Waals surface area contributed by atoms with Crippen LogP contribution in [-0.2, 0) is 32.2 Å². The molecule has 2 heterocycles. The van der Waals surface area contributed by atoms with E-state index in [0.29, 0.717) is 46.2 Å². The Morgan fingerprint density at radius 1 is 1.00 bits per heavy atom. The summed E-state index contributed by atoms with van der Waals surface area (Å²) in [6.45, 7) is 7.05. The van der Waals surface area contributed by atoms with Crippen LogP contribution in [0.25, 0.3) is 0 Å². The van der Waals surface area contributed by atoms with E-state index in [1.54, 1.807) is 26.0 Å². The van der Waals surface area contributed by atoms with Gasteiger partial charge in [0.2, 0.25) is 5.91 Å². The standard InChI is InChI=1S/C38H51N3O8/c1-27(39)38(43)41-23-33(42)37(29-11-13-31(14-12-29)47-20-7-19-46-26-30-8-4-5-9-34(30)45-3)36(24-41)49-25-28-10-15-35-32(22-28)40(17-21-48-35)16-6-18-44-2/h4-5,8-15,22,27,33,36-37,42H,6-7,16-21,23-26,39H2,1-3H3/t27-,33+,36-,37-/m0/s1. The number of methoxy groups -OCH3 is 2. The largest absolute Gasteiger partial charge is 0.496 e. The molecule has 3 aromatic carbocycles. The van der Waals surface area contributed by atoms with E-state index >= 15 is 0 Å². The van der Waals surface area contributed by atoms with Gasteiger partial charge >= 0.3 is 0 Å². The number of aliphatic hydroxyl groups is 1. The zero-order chi connectivity index (χ0) is 34.6. The van der Waals surface area contributed by atoms with Crippen molar-refractivity contribution in [3.8, 4) is 17.2 Å². The van der Waals surface area contributed by atoms with Gasteiger partial charge in [0.15, 0.2) is 0 Å². The Bertz CT molecular complexity index is 1470. The van der Waals surface area contributed by atoms with Crippen molar-refractivity contribution in [3.63, 3.8) is 0 Å². The number of piperidine rings is 1. The number of carbonyl (C=O) groups excluding carboxylic acids is 1. The summed E-state index contributed by atoms with van der Waals surface area (Å²) in [5.74, 6) is 1.85. The Morgan fingerprint density at radius 3 is 2.59 bits per heavy atom. The van der Waals surface area contributed by atoms with Crippen molar-refractivity contribution in [2.75, 3.05) is 71.7 Å². The zero-order valence-electron chi connectivity index (χ0n) is 28.9. The molecule has 0 aromatic heterocycles. The molecule has 0 saturated carbocycles. The number of nitrogens with two attached hydrogens (primary N) is 1. The Kier molecular flexibility index (Phi) is 13.5. The molecule has 1 fully saturated rings. The second-order valence-corrected chi connectivity index (χ2v) is 12.6. The van der Waals surface area contributed by atoms with Crippen LogP contribution in [0.15, 0.2) is 66.7 Å². The maximum Gasteiger partial charge on any atom is 0.239 e. The number of nitrogens with zero attached hydrogens (tertiary/aromatic N) is 2. The number of benzene rings is 3. The van der Waals surface area contributed by atoms with Crippen molar-refractivity contribution in [3.05, 3.63) is 83.4 Å². The summed E-state index contributed by atoms with van der Waals surface area (Å²) >= 11 is 0. The van der Waals surface area contributed by atoms with Crippen LogP contribution in [0.2, 0.25) is 0 Å². The van der Waals surface area contributed by atoms with E-state index in [1.165, 1.54) is 0 Å². The van der Waals surface area contributed by atoms with E-state index < -0.39 is 18.2 Å².